The van der Waals surface area contributed by atoms with Crippen molar-refractivity contribution in [2.24, 2.45) is 5.41 Å². The number of phosphoric acid groups is 1. The second-order valence-electron chi connectivity index (χ2n) is 8.50. The van der Waals surface area contributed by atoms with Crippen LogP contribution in [0.1, 0.15) is 38.7 Å². The summed E-state index contributed by atoms with van der Waals surface area (Å²) in [4.78, 5) is 30.4. The molecule has 0 amide bonds. The summed E-state index contributed by atoms with van der Waals surface area (Å²) in [5.41, 5.74) is 3.94. The van der Waals surface area contributed by atoms with Crippen LogP contribution in [0.4, 0.5) is 5.82 Å². The van der Waals surface area contributed by atoms with Gasteiger partial charge in [0, 0.05) is 16.5 Å². The van der Waals surface area contributed by atoms with E-state index in [1.54, 1.807) is 26.2 Å². The molecule has 3 atom stereocenters. The van der Waals surface area contributed by atoms with Gasteiger partial charge in [-0.2, -0.15) is 0 Å². The van der Waals surface area contributed by atoms with Gasteiger partial charge in [-0.15, -0.1) is 11.3 Å². The first-order valence-electron chi connectivity index (χ1n) is 9.82. The molecule has 0 saturated carbocycles. The minimum atomic E-state index is -4.51. The van der Waals surface area contributed by atoms with Crippen LogP contribution in [0.3, 0.4) is 0 Å². The molecule has 0 radical (unpaired) electrons. The average Bonchev–Trinajstić information content (AvgIpc) is 3.23. The van der Waals surface area contributed by atoms with Crippen molar-refractivity contribution in [1.29, 1.82) is 0 Å². The number of nitrogen functional groups attached to an aromatic ring is 1. The molecule has 182 valence electrons. The SMILES string of the molecule is CC(C)(C)C(=O)SCCOP(=O)(O)OCC1=C(O)[C@@](C)(O)[C@H](c2scc3c(N)ncnc23)O1. The summed E-state index contributed by atoms with van der Waals surface area (Å²) in [5, 5.41) is 23.6. The Morgan fingerprint density at radius 1 is 1.39 bits per heavy atom. The maximum Gasteiger partial charge on any atom is 0.472 e. The van der Waals surface area contributed by atoms with Gasteiger partial charge in [0.15, 0.2) is 28.3 Å². The van der Waals surface area contributed by atoms with Crippen LogP contribution in [-0.2, 0) is 23.1 Å². The van der Waals surface area contributed by atoms with E-state index < -0.39 is 37.3 Å². The molecule has 14 heteroatoms. The van der Waals surface area contributed by atoms with Crippen molar-refractivity contribution in [3.05, 3.63) is 28.1 Å². The van der Waals surface area contributed by atoms with Crippen molar-refractivity contribution in [1.82, 2.24) is 9.97 Å². The summed E-state index contributed by atoms with van der Waals surface area (Å²) in [6, 6.07) is 0. The topological polar surface area (TPSA) is 174 Å². The number of ether oxygens (including phenoxy) is 1. The summed E-state index contributed by atoms with van der Waals surface area (Å²) in [6.45, 7) is 5.83. The van der Waals surface area contributed by atoms with E-state index in [-0.39, 0.29) is 29.1 Å². The zero-order valence-corrected chi connectivity index (χ0v) is 21.0. The number of aliphatic hydroxyl groups is 2. The van der Waals surface area contributed by atoms with Crippen LogP contribution in [-0.4, -0.2) is 54.8 Å². The van der Waals surface area contributed by atoms with E-state index in [1.165, 1.54) is 24.6 Å². The number of anilines is 1. The molecule has 5 N–H and O–H groups in total. The maximum atomic E-state index is 12.2. The smallest absolute Gasteiger partial charge is 0.472 e. The standard InChI is InChI=1S/C19H26N3O8PS2/c1-18(2,3)17(24)32-6-5-28-31(26,27)29-7-11-14(23)19(4,25)15(30-11)13-12-10(8-33-13)16(20)22-9-21-12/h8-9,15,23,25H,5-7H2,1-4H3,(H,26,27)(H2,20,21,22)/t15-,19+/m0/s1. The van der Waals surface area contributed by atoms with E-state index in [2.05, 4.69) is 9.97 Å². The number of aliphatic hydroxyl groups excluding tert-OH is 1. The van der Waals surface area contributed by atoms with Crippen LogP contribution in [0.5, 0.6) is 0 Å². The van der Waals surface area contributed by atoms with Gasteiger partial charge in [0.1, 0.15) is 18.8 Å². The molecule has 2 aromatic heterocycles. The summed E-state index contributed by atoms with van der Waals surface area (Å²) in [7, 11) is -4.51. The summed E-state index contributed by atoms with van der Waals surface area (Å²) in [5.74, 6) is -0.324. The number of aromatic nitrogens is 2. The van der Waals surface area contributed by atoms with E-state index in [4.69, 9.17) is 19.5 Å². The van der Waals surface area contributed by atoms with Gasteiger partial charge < -0.3 is 25.6 Å². The van der Waals surface area contributed by atoms with E-state index in [1.807, 2.05) is 0 Å². The van der Waals surface area contributed by atoms with Crippen LogP contribution in [0.25, 0.3) is 10.9 Å². The third-order valence-electron chi connectivity index (χ3n) is 4.75. The highest BCUT2D eigenvalue weighted by atomic mass is 32.2. The van der Waals surface area contributed by atoms with Gasteiger partial charge in [-0.3, -0.25) is 13.8 Å². The quantitative estimate of drug-likeness (QED) is 0.296. The van der Waals surface area contributed by atoms with Gasteiger partial charge >= 0.3 is 7.82 Å². The Hall–Kier alpha value is -1.73. The minimum absolute atomic E-state index is 0.0735. The zero-order chi connectivity index (χ0) is 24.6. The van der Waals surface area contributed by atoms with Crippen LogP contribution < -0.4 is 5.73 Å². The lowest BCUT2D eigenvalue weighted by molar-refractivity contribution is -0.117. The van der Waals surface area contributed by atoms with Crippen molar-refractivity contribution < 1.29 is 38.3 Å². The lowest BCUT2D eigenvalue weighted by atomic mass is 9.96. The molecule has 1 aliphatic rings. The molecule has 33 heavy (non-hydrogen) atoms. The number of nitrogens with two attached hydrogens (primary N) is 1. The molecule has 3 heterocycles. The highest BCUT2D eigenvalue weighted by Crippen LogP contribution is 2.49. The van der Waals surface area contributed by atoms with Crippen molar-refractivity contribution in [3.63, 3.8) is 0 Å². The van der Waals surface area contributed by atoms with Crippen LogP contribution in [0, 0.1) is 5.41 Å². The fraction of sp³-hybridized carbons (Fsp3) is 0.526. The molecule has 0 fully saturated rings. The van der Waals surface area contributed by atoms with Gasteiger partial charge in [-0.1, -0.05) is 32.5 Å². The van der Waals surface area contributed by atoms with Gasteiger partial charge in [0.25, 0.3) is 0 Å². The zero-order valence-electron chi connectivity index (χ0n) is 18.5. The molecule has 2 aromatic rings. The summed E-state index contributed by atoms with van der Waals surface area (Å²) >= 11 is 2.21. The van der Waals surface area contributed by atoms with Gasteiger partial charge in [-0.25, -0.2) is 14.5 Å². The van der Waals surface area contributed by atoms with Gasteiger partial charge in [-0.05, 0) is 6.92 Å². The monoisotopic (exact) mass is 519 g/mol. The molecule has 11 nitrogen and oxygen atoms in total. The number of nitrogens with zero attached hydrogens (tertiary/aromatic N) is 2. The molecule has 0 saturated heterocycles. The molecule has 0 aliphatic carbocycles. The van der Waals surface area contributed by atoms with E-state index >= 15 is 0 Å². The van der Waals surface area contributed by atoms with E-state index in [0.717, 1.165) is 11.8 Å². The van der Waals surface area contributed by atoms with E-state index in [0.29, 0.717) is 15.8 Å². The largest absolute Gasteiger partial charge is 0.506 e. The van der Waals surface area contributed by atoms with Crippen LogP contribution in [0.15, 0.2) is 23.2 Å². The molecule has 1 unspecified atom stereocenters. The number of hydrogen-bond donors (Lipinski definition) is 4. The third-order valence-corrected chi connectivity index (χ3v) is 7.97. The number of thiophene rings is 1. The number of carbonyl (C=O) groups excluding carboxylic acids is 1. The number of thioether (sulfide) groups is 1. The fourth-order valence-corrected chi connectivity index (χ4v) is 5.64. The maximum absolute atomic E-state index is 12.2. The molecular formula is C19H26N3O8PS2. The Balaban J connectivity index is 1.62. The van der Waals surface area contributed by atoms with Crippen molar-refractivity contribution in [2.45, 2.75) is 39.4 Å². The third kappa shape index (κ3) is 5.68. The predicted octanol–water partition coefficient (Wildman–Crippen LogP) is 3.30. The second kappa shape index (κ2) is 9.49. The van der Waals surface area contributed by atoms with Crippen molar-refractivity contribution >= 4 is 52.8 Å². The summed E-state index contributed by atoms with van der Waals surface area (Å²) in [6.07, 6.45) is 0.230. The number of rotatable bonds is 8. The first-order valence-corrected chi connectivity index (χ1v) is 13.2. The second-order valence-corrected chi connectivity index (χ2v) is 11.9. The average molecular weight is 520 g/mol. The normalized spacial score (nSPS) is 23.0. The Bertz CT molecular complexity index is 1130. The van der Waals surface area contributed by atoms with E-state index in [9.17, 15) is 24.5 Å². The Kier molecular flexibility index (Phi) is 7.45. The Morgan fingerprint density at radius 3 is 2.76 bits per heavy atom. The first-order chi connectivity index (χ1) is 15.2. The molecule has 1 aliphatic heterocycles. The highest BCUT2D eigenvalue weighted by Gasteiger charge is 2.49. The van der Waals surface area contributed by atoms with Crippen molar-refractivity contribution in [3.8, 4) is 0 Å². The van der Waals surface area contributed by atoms with Gasteiger partial charge in [0.05, 0.1) is 22.4 Å². The molecule has 0 aromatic carbocycles. The number of hydrogen-bond acceptors (Lipinski definition) is 12. The number of phosphoric ester groups is 1. The molecule has 0 spiro atoms. The minimum Gasteiger partial charge on any atom is -0.506 e. The lowest BCUT2D eigenvalue weighted by Gasteiger charge is -2.23. The first kappa shape index (κ1) is 25.9. The lowest BCUT2D eigenvalue weighted by Crippen LogP contribution is -2.31. The highest BCUT2D eigenvalue weighted by molar-refractivity contribution is 8.13. The summed E-state index contributed by atoms with van der Waals surface area (Å²) < 4.78 is 27.7. The van der Waals surface area contributed by atoms with Crippen LogP contribution in [0.2, 0.25) is 0 Å². The number of fused-ring (bicyclic) bond motifs is 1. The molecular weight excluding hydrogens is 493 g/mol. The predicted molar refractivity (Wildman–Crippen MR) is 125 cm³/mol. The Morgan fingerprint density at radius 2 is 2.09 bits per heavy atom. The molecule has 3 rings (SSSR count). The molecule has 0 bridgehead atoms. The van der Waals surface area contributed by atoms with Crippen molar-refractivity contribution in [2.75, 3.05) is 24.7 Å². The van der Waals surface area contributed by atoms with Crippen LogP contribution >= 0.6 is 30.9 Å². The Labute approximate surface area is 198 Å². The van der Waals surface area contributed by atoms with Gasteiger partial charge in [0.2, 0.25) is 0 Å². The fourth-order valence-electron chi connectivity index (χ4n) is 2.90. The number of carbonyl (C=O) groups is 1.